The maximum absolute atomic E-state index is 12.5. The molecule has 1 N–H and O–H groups in total. The molecule has 0 bridgehead atoms. The summed E-state index contributed by atoms with van der Waals surface area (Å²) in [6.07, 6.45) is 1.03. The summed E-state index contributed by atoms with van der Waals surface area (Å²) in [6.45, 7) is 1.27. The van der Waals surface area contributed by atoms with Crippen LogP contribution in [0.25, 0.3) is 0 Å². The summed E-state index contributed by atoms with van der Waals surface area (Å²) in [4.78, 5) is 24.2. The molecule has 0 radical (unpaired) electrons. The number of hydrogen-bond donors (Lipinski definition) is 1. The maximum atomic E-state index is 12.5. The smallest absolute Gasteiger partial charge is 0.338 e. The molecule has 1 amide bonds. The van der Waals surface area contributed by atoms with Crippen LogP contribution in [0.3, 0.4) is 0 Å². The number of benzene rings is 2. The van der Waals surface area contributed by atoms with Gasteiger partial charge in [-0.2, -0.15) is 0 Å². The monoisotopic (exact) mass is 454 g/mol. The molecule has 0 atom stereocenters. The maximum Gasteiger partial charge on any atom is 0.338 e. The molecular formula is C18H19BrN2O5S. The minimum atomic E-state index is -3.67. The van der Waals surface area contributed by atoms with Gasteiger partial charge in [0.05, 0.1) is 24.6 Å². The number of methoxy groups -OCH3 is 1. The normalized spacial score (nSPS) is 11.0. The predicted octanol–water partition coefficient (Wildman–Crippen LogP) is 2.95. The van der Waals surface area contributed by atoms with Crippen LogP contribution in [0.15, 0.2) is 46.9 Å². The van der Waals surface area contributed by atoms with Crippen LogP contribution in [0.1, 0.15) is 15.9 Å². The van der Waals surface area contributed by atoms with Gasteiger partial charge in [-0.15, -0.1) is 0 Å². The van der Waals surface area contributed by atoms with Crippen LogP contribution >= 0.6 is 15.9 Å². The Labute approximate surface area is 166 Å². The largest absolute Gasteiger partial charge is 0.465 e. The Hall–Kier alpha value is -2.39. The van der Waals surface area contributed by atoms with Gasteiger partial charge in [-0.25, -0.2) is 13.2 Å². The second kappa shape index (κ2) is 8.53. The number of hydrogen-bond acceptors (Lipinski definition) is 5. The molecule has 2 rings (SSSR count). The molecule has 0 aliphatic rings. The highest BCUT2D eigenvalue weighted by Crippen LogP contribution is 2.22. The quantitative estimate of drug-likeness (QED) is 0.677. The SMILES string of the molecule is COC(=O)c1cccc(NC(=O)CN(c2ccc(Br)cc2)S(C)(=O)=O)c1C. The highest BCUT2D eigenvalue weighted by Gasteiger charge is 2.21. The number of nitrogens with one attached hydrogen (secondary N) is 1. The predicted molar refractivity (Wildman–Crippen MR) is 107 cm³/mol. The van der Waals surface area contributed by atoms with E-state index < -0.39 is 28.4 Å². The molecule has 2 aromatic rings. The molecular weight excluding hydrogens is 436 g/mol. The van der Waals surface area contributed by atoms with E-state index in [1.165, 1.54) is 7.11 Å². The third-order valence-corrected chi connectivity index (χ3v) is 5.48. The fourth-order valence-corrected chi connectivity index (χ4v) is 3.55. The third kappa shape index (κ3) is 5.30. The van der Waals surface area contributed by atoms with Crippen LogP contribution in [0.2, 0.25) is 0 Å². The Morgan fingerprint density at radius 2 is 1.78 bits per heavy atom. The highest BCUT2D eigenvalue weighted by molar-refractivity contribution is 9.10. The van der Waals surface area contributed by atoms with E-state index in [1.807, 2.05) is 0 Å². The van der Waals surface area contributed by atoms with Crippen molar-refractivity contribution in [1.29, 1.82) is 0 Å². The zero-order valence-corrected chi connectivity index (χ0v) is 17.4. The summed E-state index contributed by atoms with van der Waals surface area (Å²) in [7, 11) is -2.40. The van der Waals surface area contributed by atoms with E-state index in [0.717, 1.165) is 15.0 Å². The van der Waals surface area contributed by atoms with Gasteiger partial charge >= 0.3 is 5.97 Å². The Kier molecular flexibility index (Phi) is 6.61. The second-order valence-corrected chi connectivity index (χ2v) is 8.59. The van der Waals surface area contributed by atoms with Crippen LogP contribution in [0.5, 0.6) is 0 Å². The van der Waals surface area contributed by atoms with Gasteiger partial charge < -0.3 is 10.1 Å². The first kappa shape index (κ1) is 20.9. The zero-order chi connectivity index (χ0) is 20.2. The van der Waals surface area contributed by atoms with Crippen LogP contribution < -0.4 is 9.62 Å². The average Bonchev–Trinajstić information content (AvgIpc) is 2.61. The van der Waals surface area contributed by atoms with Gasteiger partial charge in [0.25, 0.3) is 0 Å². The van der Waals surface area contributed by atoms with Gasteiger partial charge in [-0.05, 0) is 48.9 Å². The molecule has 0 heterocycles. The van der Waals surface area contributed by atoms with Gasteiger partial charge in [0, 0.05) is 10.2 Å². The molecule has 0 fully saturated rings. The van der Waals surface area contributed by atoms with E-state index in [0.29, 0.717) is 22.5 Å². The van der Waals surface area contributed by atoms with E-state index in [4.69, 9.17) is 4.74 Å². The lowest BCUT2D eigenvalue weighted by Crippen LogP contribution is -2.37. The van der Waals surface area contributed by atoms with E-state index >= 15 is 0 Å². The first-order chi connectivity index (χ1) is 12.6. The Bertz CT molecular complexity index is 958. The van der Waals surface area contributed by atoms with E-state index in [2.05, 4.69) is 21.2 Å². The minimum absolute atomic E-state index is 0.322. The lowest BCUT2D eigenvalue weighted by atomic mass is 10.1. The number of sulfonamides is 1. The summed E-state index contributed by atoms with van der Waals surface area (Å²) in [6, 6.07) is 11.4. The minimum Gasteiger partial charge on any atom is -0.465 e. The second-order valence-electron chi connectivity index (χ2n) is 5.76. The van der Waals surface area contributed by atoms with Crippen molar-refractivity contribution in [3.05, 3.63) is 58.1 Å². The van der Waals surface area contributed by atoms with Crippen molar-refractivity contribution in [1.82, 2.24) is 0 Å². The average molecular weight is 455 g/mol. The van der Waals surface area contributed by atoms with Crippen molar-refractivity contribution in [2.45, 2.75) is 6.92 Å². The molecule has 9 heteroatoms. The number of carbonyl (C=O) groups excluding carboxylic acids is 2. The van der Waals surface area contributed by atoms with Crippen molar-refractivity contribution < 1.29 is 22.7 Å². The summed E-state index contributed by atoms with van der Waals surface area (Å²) in [5.41, 5.74) is 1.64. The number of rotatable bonds is 6. The van der Waals surface area contributed by atoms with Crippen LogP contribution in [0, 0.1) is 6.92 Å². The fraction of sp³-hybridized carbons (Fsp3) is 0.222. The van der Waals surface area contributed by atoms with E-state index in [-0.39, 0.29) is 0 Å². The van der Waals surface area contributed by atoms with E-state index in [9.17, 15) is 18.0 Å². The molecule has 0 aromatic heterocycles. The first-order valence-electron chi connectivity index (χ1n) is 7.84. The van der Waals surface area contributed by atoms with Crippen molar-refractivity contribution in [2.24, 2.45) is 0 Å². The van der Waals surface area contributed by atoms with Gasteiger partial charge in [-0.1, -0.05) is 22.0 Å². The van der Waals surface area contributed by atoms with Crippen molar-refractivity contribution >= 4 is 49.2 Å². The van der Waals surface area contributed by atoms with Crippen LogP contribution in [-0.2, 0) is 19.6 Å². The standard InChI is InChI=1S/C18H19BrN2O5S/c1-12-15(18(23)26-2)5-4-6-16(12)20-17(22)11-21(27(3,24)25)14-9-7-13(19)8-10-14/h4-10H,11H2,1-3H3,(H,20,22). The summed E-state index contributed by atoms with van der Waals surface area (Å²) in [5.74, 6) is -1.05. The van der Waals surface area contributed by atoms with Gasteiger partial charge in [0.1, 0.15) is 6.54 Å². The number of anilines is 2. The lowest BCUT2D eigenvalue weighted by Gasteiger charge is -2.22. The third-order valence-electron chi connectivity index (χ3n) is 3.82. The molecule has 0 unspecified atom stereocenters. The Morgan fingerprint density at radius 3 is 2.33 bits per heavy atom. The molecule has 0 saturated heterocycles. The Balaban J connectivity index is 2.25. The molecule has 144 valence electrons. The number of ether oxygens (including phenoxy) is 1. The van der Waals surface area contributed by atoms with Crippen molar-refractivity contribution in [3.63, 3.8) is 0 Å². The zero-order valence-electron chi connectivity index (χ0n) is 15.0. The molecule has 0 aliphatic heterocycles. The molecule has 0 saturated carbocycles. The van der Waals surface area contributed by atoms with Gasteiger partial charge in [-0.3, -0.25) is 9.10 Å². The molecule has 0 aliphatic carbocycles. The Morgan fingerprint density at radius 1 is 1.15 bits per heavy atom. The fourth-order valence-electron chi connectivity index (χ4n) is 2.43. The van der Waals surface area contributed by atoms with Crippen LogP contribution in [-0.4, -0.2) is 40.2 Å². The number of halogens is 1. The number of esters is 1. The summed E-state index contributed by atoms with van der Waals surface area (Å²) < 4.78 is 30.8. The lowest BCUT2D eigenvalue weighted by molar-refractivity contribution is -0.114. The molecule has 0 spiro atoms. The molecule has 2 aromatic carbocycles. The number of nitrogens with zero attached hydrogens (tertiary/aromatic N) is 1. The van der Waals surface area contributed by atoms with Crippen molar-refractivity contribution in [2.75, 3.05) is 29.5 Å². The van der Waals surface area contributed by atoms with Gasteiger partial charge in [0.2, 0.25) is 15.9 Å². The first-order valence-corrected chi connectivity index (χ1v) is 10.5. The van der Waals surface area contributed by atoms with Gasteiger partial charge in [0.15, 0.2) is 0 Å². The number of carbonyl (C=O) groups is 2. The van der Waals surface area contributed by atoms with Crippen LogP contribution in [0.4, 0.5) is 11.4 Å². The van der Waals surface area contributed by atoms with E-state index in [1.54, 1.807) is 49.4 Å². The molecule has 7 nitrogen and oxygen atoms in total. The summed E-state index contributed by atoms with van der Waals surface area (Å²) in [5, 5.41) is 2.65. The number of amides is 1. The topological polar surface area (TPSA) is 92.8 Å². The molecule has 27 heavy (non-hydrogen) atoms. The summed E-state index contributed by atoms with van der Waals surface area (Å²) >= 11 is 3.29. The van der Waals surface area contributed by atoms with Crippen molar-refractivity contribution in [3.8, 4) is 0 Å². The highest BCUT2D eigenvalue weighted by atomic mass is 79.9.